The molecule has 1 unspecified atom stereocenters. The first-order valence-electron chi connectivity index (χ1n) is 12.4. The second-order valence-corrected chi connectivity index (χ2v) is 8.79. The summed E-state index contributed by atoms with van der Waals surface area (Å²) in [5.74, 6) is 0.869. The second-order valence-electron chi connectivity index (χ2n) is 8.79. The summed E-state index contributed by atoms with van der Waals surface area (Å²) in [5.41, 5.74) is 2.80. The number of benzene rings is 2. The number of methoxy groups -OCH3 is 2. The van der Waals surface area contributed by atoms with Crippen molar-refractivity contribution in [2.45, 2.75) is 32.8 Å². The molecule has 0 radical (unpaired) electrons. The Morgan fingerprint density at radius 2 is 1.84 bits per heavy atom. The van der Waals surface area contributed by atoms with Crippen molar-refractivity contribution < 1.29 is 28.5 Å². The van der Waals surface area contributed by atoms with Crippen LogP contribution in [-0.4, -0.2) is 73.0 Å². The largest absolute Gasteiger partial charge is 0.493 e. The number of hydrogen-bond acceptors (Lipinski definition) is 7. The lowest BCUT2D eigenvalue weighted by Crippen LogP contribution is -2.47. The van der Waals surface area contributed by atoms with E-state index in [-0.39, 0.29) is 24.4 Å². The van der Waals surface area contributed by atoms with E-state index in [9.17, 15) is 9.59 Å². The van der Waals surface area contributed by atoms with Crippen LogP contribution in [0.2, 0.25) is 0 Å². The van der Waals surface area contributed by atoms with E-state index < -0.39 is 0 Å². The molecule has 1 aliphatic rings. The van der Waals surface area contributed by atoms with Crippen LogP contribution in [0.15, 0.2) is 48.7 Å². The molecule has 0 N–H and O–H groups in total. The van der Waals surface area contributed by atoms with E-state index >= 15 is 0 Å². The highest BCUT2D eigenvalue weighted by atomic mass is 16.6. The van der Waals surface area contributed by atoms with E-state index in [1.54, 1.807) is 23.2 Å². The zero-order chi connectivity index (χ0) is 26.4. The van der Waals surface area contributed by atoms with Crippen LogP contribution >= 0.6 is 0 Å². The van der Waals surface area contributed by atoms with Crippen molar-refractivity contribution in [1.82, 2.24) is 14.7 Å². The first-order chi connectivity index (χ1) is 18.0. The molecule has 1 aliphatic heterocycles. The van der Waals surface area contributed by atoms with Crippen molar-refractivity contribution in [2.75, 3.05) is 40.5 Å². The summed E-state index contributed by atoms with van der Waals surface area (Å²) >= 11 is 0. The highest BCUT2D eigenvalue weighted by molar-refractivity contribution is 5.98. The van der Waals surface area contributed by atoms with Gasteiger partial charge in [0.25, 0.3) is 5.91 Å². The van der Waals surface area contributed by atoms with Gasteiger partial charge >= 0.3 is 0 Å². The molecule has 37 heavy (non-hydrogen) atoms. The second kappa shape index (κ2) is 11.9. The number of aromatic nitrogens is 2. The minimum atomic E-state index is -0.382. The van der Waals surface area contributed by atoms with Gasteiger partial charge < -0.3 is 23.8 Å². The molecule has 9 nitrogen and oxygen atoms in total. The zero-order valence-corrected chi connectivity index (χ0v) is 21.7. The van der Waals surface area contributed by atoms with Crippen LogP contribution in [-0.2, 0) is 11.2 Å². The topological polar surface area (TPSA) is 92.1 Å². The molecule has 196 valence electrons. The van der Waals surface area contributed by atoms with Crippen molar-refractivity contribution in [3.8, 4) is 22.9 Å². The van der Waals surface area contributed by atoms with E-state index in [0.29, 0.717) is 48.1 Å². The number of nitrogens with zero attached hydrogens (tertiary/aromatic N) is 3. The Bertz CT molecular complexity index is 1240. The summed E-state index contributed by atoms with van der Waals surface area (Å²) in [7, 11) is 3.02. The van der Waals surface area contributed by atoms with Gasteiger partial charge in [0.15, 0.2) is 17.3 Å². The number of hydrogen-bond donors (Lipinski definition) is 0. The summed E-state index contributed by atoms with van der Waals surface area (Å²) in [6.45, 7) is 4.89. The number of amides is 1. The zero-order valence-electron chi connectivity index (χ0n) is 21.7. The predicted octanol–water partition coefficient (Wildman–Crippen LogP) is 3.96. The average Bonchev–Trinajstić information content (AvgIpc) is 3.35. The monoisotopic (exact) mass is 507 g/mol. The van der Waals surface area contributed by atoms with Gasteiger partial charge in [0.2, 0.25) is 5.75 Å². The van der Waals surface area contributed by atoms with Crippen molar-refractivity contribution >= 4 is 11.7 Å². The summed E-state index contributed by atoms with van der Waals surface area (Å²) in [6, 6.07) is 13.1. The smallest absolute Gasteiger partial charge is 0.257 e. The number of carbonyl (C=O) groups excluding carboxylic acids is 2. The van der Waals surface area contributed by atoms with Crippen LogP contribution < -0.4 is 14.2 Å². The molecule has 1 atom stereocenters. The molecule has 3 aromatic rings. The molecule has 2 heterocycles. The summed E-state index contributed by atoms with van der Waals surface area (Å²) in [4.78, 5) is 27.6. The van der Waals surface area contributed by atoms with Crippen molar-refractivity contribution in [3.63, 3.8) is 0 Å². The van der Waals surface area contributed by atoms with Gasteiger partial charge in [0.1, 0.15) is 12.7 Å². The number of Topliss-reactive ketones (excluding diaryl/α,β-unsaturated/α-hetero) is 1. The van der Waals surface area contributed by atoms with Crippen molar-refractivity contribution in [2.24, 2.45) is 0 Å². The van der Waals surface area contributed by atoms with E-state index in [2.05, 4.69) is 12.0 Å². The lowest BCUT2D eigenvalue weighted by Gasteiger charge is -2.33. The van der Waals surface area contributed by atoms with Crippen LogP contribution in [0, 0.1) is 0 Å². The summed E-state index contributed by atoms with van der Waals surface area (Å²) in [6.07, 6.45) is 2.89. The molecule has 0 aliphatic carbocycles. The van der Waals surface area contributed by atoms with Gasteiger partial charge in [0.05, 0.1) is 56.1 Å². The normalized spacial score (nSPS) is 15.4. The van der Waals surface area contributed by atoms with Gasteiger partial charge in [-0.3, -0.25) is 9.59 Å². The molecule has 1 amide bonds. The Balaban J connectivity index is 1.51. The Kier molecular flexibility index (Phi) is 8.45. The number of ketones is 1. The van der Waals surface area contributed by atoms with Crippen LogP contribution in [0.5, 0.6) is 17.2 Å². The Morgan fingerprint density at radius 3 is 2.51 bits per heavy atom. The summed E-state index contributed by atoms with van der Waals surface area (Å²) < 4.78 is 24.6. The van der Waals surface area contributed by atoms with Crippen molar-refractivity contribution in [3.05, 3.63) is 65.5 Å². The van der Waals surface area contributed by atoms with Crippen LogP contribution in [0.25, 0.3) is 5.69 Å². The van der Waals surface area contributed by atoms with Crippen molar-refractivity contribution in [1.29, 1.82) is 0 Å². The van der Waals surface area contributed by atoms with Gasteiger partial charge in [-0.05, 0) is 37.6 Å². The number of para-hydroxylation sites is 1. The molecule has 9 heteroatoms. The molecular formula is C28H33N3O6. The standard InChI is InChI=1S/C28H33N3O6/c1-5-9-24-23(16-29-31(24)20-10-7-6-8-11-20)28(33)30-14-15-36-21(17-30)18-37-26-22(19(2)32)12-13-25(34-3)27(26)35-4/h6-8,10-13,16,21H,5,9,14-15,17-18H2,1-4H3. The van der Waals surface area contributed by atoms with Crippen LogP contribution in [0.4, 0.5) is 0 Å². The highest BCUT2D eigenvalue weighted by Gasteiger charge is 2.29. The third kappa shape index (κ3) is 5.61. The molecule has 1 aromatic heterocycles. The van der Waals surface area contributed by atoms with Gasteiger partial charge in [-0.1, -0.05) is 31.5 Å². The maximum absolute atomic E-state index is 13.6. The van der Waals surface area contributed by atoms with Gasteiger partial charge in [-0.2, -0.15) is 5.10 Å². The lowest BCUT2D eigenvalue weighted by molar-refractivity contribution is -0.0405. The van der Waals surface area contributed by atoms with E-state index in [1.165, 1.54) is 21.1 Å². The SMILES string of the molecule is CCCc1c(C(=O)N2CCOC(COc3c(C(C)=O)ccc(OC)c3OC)C2)cnn1-c1ccccc1. The molecular weight excluding hydrogens is 474 g/mol. The molecule has 0 spiro atoms. The van der Waals surface area contributed by atoms with Crippen LogP contribution in [0.3, 0.4) is 0 Å². The van der Waals surface area contributed by atoms with Crippen LogP contribution in [0.1, 0.15) is 46.7 Å². The Labute approximate surface area is 216 Å². The fourth-order valence-corrected chi connectivity index (χ4v) is 4.49. The fraction of sp³-hybridized carbons (Fsp3) is 0.393. The third-order valence-corrected chi connectivity index (χ3v) is 6.31. The molecule has 4 rings (SSSR count). The molecule has 0 saturated carbocycles. The minimum absolute atomic E-state index is 0.0812. The fourth-order valence-electron chi connectivity index (χ4n) is 4.49. The molecule has 0 bridgehead atoms. The van der Waals surface area contributed by atoms with E-state index in [1.807, 2.05) is 35.0 Å². The maximum atomic E-state index is 13.6. The van der Waals surface area contributed by atoms with Gasteiger partial charge in [-0.25, -0.2) is 4.68 Å². The molecule has 2 aromatic carbocycles. The quantitative estimate of drug-likeness (QED) is 0.384. The number of rotatable bonds is 10. The number of ether oxygens (including phenoxy) is 4. The van der Waals surface area contributed by atoms with E-state index in [0.717, 1.165) is 24.2 Å². The highest BCUT2D eigenvalue weighted by Crippen LogP contribution is 2.40. The lowest BCUT2D eigenvalue weighted by atomic mass is 10.1. The van der Waals surface area contributed by atoms with Gasteiger partial charge in [0, 0.05) is 6.54 Å². The van der Waals surface area contributed by atoms with Gasteiger partial charge in [-0.15, -0.1) is 0 Å². The maximum Gasteiger partial charge on any atom is 0.257 e. The first-order valence-corrected chi connectivity index (χ1v) is 12.4. The minimum Gasteiger partial charge on any atom is -0.493 e. The molecule has 1 fully saturated rings. The Hall–Kier alpha value is -3.85. The number of carbonyl (C=O) groups is 2. The third-order valence-electron chi connectivity index (χ3n) is 6.31. The first kappa shape index (κ1) is 26.2. The molecule has 1 saturated heterocycles. The average molecular weight is 508 g/mol. The Morgan fingerprint density at radius 1 is 1.05 bits per heavy atom. The predicted molar refractivity (Wildman–Crippen MR) is 138 cm³/mol. The number of morpholine rings is 1. The summed E-state index contributed by atoms with van der Waals surface area (Å²) in [5, 5.41) is 4.53. The van der Waals surface area contributed by atoms with E-state index in [4.69, 9.17) is 18.9 Å².